The number of rotatable bonds is 4. The van der Waals surface area contributed by atoms with Crippen LogP contribution in [-0.4, -0.2) is 30.1 Å². The number of likely N-dealkylation sites (tertiary alicyclic amines) is 1. The smallest absolute Gasteiger partial charge is 0.405 e. The SMILES string of the molecule is CC(CC1=CC[C](OC(N)=O)C=C1)N1CCCCC1. The van der Waals surface area contributed by atoms with Gasteiger partial charge in [0, 0.05) is 12.5 Å². The van der Waals surface area contributed by atoms with E-state index in [0.29, 0.717) is 18.6 Å². The van der Waals surface area contributed by atoms with Crippen LogP contribution in [0.3, 0.4) is 0 Å². The molecule has 0 spiro atoms. The van der Waals surface area contributed by atoms with Gasteiger partial charge >= 0.3 is 6.09 Å². The van der Waals surface area contributed by atoms with E-state index in [0.717, 1.165) is 6.42 Å². The number of primary amides is 1. The Bertz CT molecular complexity index is 370. The van der Waals surface area contributed by atoms with Crippen LogP contribution >= 0.6 is 0 Å². The van der Waals surface area contributed by atoms with Gasteiger partial charge in [-0.2, -0.15) is 0 Å². The predicted octanol–water partition coefficient (Wildman–Crippen LogP) is 2.76. The van der Waals surface area contributed by atoms with Gasteiger partial charge in [-0.15, -0.1) is 0 Å². The molecule has 1 fully saturated rings. The van der Waals surface area contributed by atoms with Gasteiger partial charge in [0.2, 0.25) is 0 Å². The van der Waals surface area contributed by atoms with E-state index in [-0.39, 0.29) is 0 Å². The summed E-state index contributed by atoms with van der Waals surface area (Å²) < 4.78 is 4.87. The predicted molar refractivity (Wildman–Crippen MR) is 75.3 cm³/mol. The fraction of sp³-hybridized carbons (Fsp3) is 0.600. The Morgan fingerprint density at radius 1 is 1.37 bits per heavy atom. The van der Waals surface area contributed by atoms with Crippen LogP contribution < -0.4 is 5.73 Å². The summed E-state index contributed by atoms with van der Waals surface area (Å²) in [6.45, 7) is 4.74. The highest BCUT2D eigenvalue weighted by molar-refractivity contribution is 5.66. The summed E-state index contributed by atoms with van der Waals surface area (Å²) in [7, 11) is 0. The maximum absolute atomic E-state index is 10.7. The zero-order chi connectivity index (χ0) is 13.7. The van der Waals surface area contributed by atoms with Crippen molar-refractivity contribution in [3.8, 4) is 0 Å². The molecular weight excluding hydrogens is 240 g/mol. The first-order valence-electron chi connectivity index (χ1n) is 7.09. The monoisotopic (exact) mass is 263 g/mol. The van der Waals surface area contributed by atoms with Gasteiger partial charge in [-0.1, -0.05) is 24.1 Å². The van der Waals surface area contributed by atoms with Gasteiger partial charge in [0.15, 0.2) is 6.10 Å². The molecule has 1 saturated heterocycles. The highest BCUT2D eigenvalue weighted by atomic mass is 16.6. The summed E-state index contributed by atoms with van der Waals surface area (Å²) in [5.41, 5.74) is 6.31. The second-order valence-electron chi connectivity index (χ2n) is 5.35. The maximum atomic E-state index is 10.7. The summed E-state index contributed by atoms with van der Waals surface area (Å²) in [5.74, 6) is 0. The summed E-state index contributed by atoms with van der Waals surface area (Å²) in [6.07, 6.45) is 11.6. The standard InChI is InChI=1S/C15H23N2O2/c1-12(17-9-3-2-4-10-17)11-13-5-7-14(8-6-13)19-15(16)18/h5-7,12H,2-4,8-11H2,1H3,(H2,16,18). The molecule has 0 bridgehead atoms. The summed E-state index contributed by atoms with van der Waals surface area (Å²) in [6, 6.07) is 0.579. The van der Waals surface area contributed by atoms with Crippen molar-refractivity contribution in [2.24, 2.45) is 5.73 Å². The van der Waals surface area contributed by atoms with E-state index in [2.05, 4.69) is 17.9 Å². The van der Waals surface area contributed by atoms with Gasteiger partial charge in [0.05, 0.1) is 0 Å². The second kappa shape index (κ2) is 6.75. The third-order valence-corrected chi connectivity index (χ3v) is 3.83. The van der Waals surface area contributed by atoms with Crippen LogP contribution in [0.4, 0.5) is 4.79 Å². The van der Waals surface area contributed by atoms with Crippen molar-refractivity contribution in [3.05, 3.63) is 29.9 Å². The number of nitrogens with two attached hydrogens (primary N) is 1. The van der Waals surface area contributed by atoms with Crippen LogP contribution in [-0.2, 0) is 4.74 Å². The lowest BCUT2D eigenvalue weighted by Gasteiger charge is -2.33. The van der Waals surface area contributed by atoms with Crippen molar-refractivity contribution in [1.82, 2.24) is 4.90 Å². The molecule has 1 aliphatic carbocycles. The molecule has 1 unspecified atom stereocenters. The largest absolute Gasteiger partial charge is 0.434 e. The van der Waals surface area contributed by atoms with Crippen molar-refractivity contribution >= 4 is 6.09 Å². The first kappa shape index (κ1) is 14.1. The van der Waals surface area contributed by atoms with Crippen molar-refractivity contribution in [2.45, 2.75) is 45.1 Å². The molecule has 0 aromatic carbocycles. The minimum absolute atomic E-state index is 0.579. The molecular formula is C15H23N2O2. The number of hydrogen-bond donors (Lipinski definition) is 1. The average molecular weight is 263 g/mol. The third-order valence-electron chi connectivity index (χ3n) is 3.83. The van der Waals surface area contributed by atoms with Crippen molar-refractivity contribution in [3.63, 3.8) is 0 Å². The van der Waals surface area contributed by atoms with Crippen LogP contribution in [0.5, 0.6) is 0 Å². The van der Waals surface area contributed by atoms with Crippen molar-refractivity contribution in [2.75, 3.05) is 13.1 Å². The number of allylic oxidation sites excluding steroid dienone is 1. The zero-order valence-electron chi connectivity index (χ0n) is 11.6. The van der Waals surface area contributed by atoms with Crippen LogP contribution in [0, 0.1) is 6.10 Å². The van der Waals surface area contributed by atoms with E-state index in [1.54, 1.807) is 0 Å². The number of hydrogen-bond acceptors (Lipinski definition) is 3. The van der Waals surface area contributed by atoms with E-state index >= 15 is 0 Å². The fourth-order valence-corrected chi connectivity index (χ4v) is 2.75. The van der Waals surface area contributed by atoms with E-state index in [1.165, 1.54) is 37.9 Å². The lowest BCUT2D eigenvalue weighted by molar-refractivity contribution is 0.167. The lowest BCUT2D eigenvalue weighted by Crippen LogP contribution is -2.37. The maximum Gasteiger partial charge on any atom is 0.405 e. The molecule has 1 atom stereocenters. The molecule has 4 nitrogen and oxygen atoms in total. The van der Waals surface area contributed by atoms with Crippen LogP contribution in [0.15, 0.2) is 23.8 Å². The number of carbonyl (C=O) groups is 1. The van der Waals surface area contributed by atoms with Crippen molar-refractivity contribution in [1.29, 1.82) is 0 Å². The molecule has 0 saturated carbocycles. The lowest BCUT2D eigenvalue weighted by atomic mass is 9.97. The van der Waals surface area contributed by atoms with Gasteiger partial charge in [-0.05, 0) is 45.4 Å². The van der Waals surface area contributed by atoms with Gasteiger partial charge in [-0.3, -0.25) is 0 Å². The summed E-state index contributed by atoms with van der Waals surface area (Å²) in [4.78, 5) is 13.2. The number of amides is 1. The highest BCUT2D eigenvalue weighted by Crippen LogP contribution is 2.24. The molecule has 0 aromatic rings. The Morgan fingerprint density at radius 2 is 2.11 bits per heavy atom. The Morgan fingerprint density at radius 3 is 2.68 bits per heavy atom. The van der Waals surface area contributed by atoms with Gasteiger partial charge in [-0.25, -0.2) is 4.79 Å². The van der Waals surface area contributed by atoms with Crippen LogP contribution in [0.1, 0.15) is 39.0 Å². The third kappa shape index (κ3) is 4.39. The Hall–Kier alpha value is -1.29. The molecule has 1 amide bonds. The number of ether oxygens (including phenoxy) is 1. The van der Waals surface area contributed by atoms with E-state index < -0.39 is 6.09 Å². The minimum atomic E-state index is -0.738. The highest BCUT2D eigenvalue weighted by Gasteiger charge is 2.19. The van der Waals surface area contributed by atoms with Gasteiger partial charge in [0.25, 0.3) is 0 Å². The van der Waals surface area contributed by atoms with Crippen LogP contribution in [0.2, 0.25) is 0 Å². The zero-order valence-corrected chi connectivity index (χ0v) is 11.6. The minimum Gasteiger partial charge on any atom is -0.434 e. The van der Waals surface area contributed by atoms with E-state index in [1.807, 2.05) is 12.2 Å². The molecule has 4 heteroatoms. The molecule has 0 aromatic heterocycles. The van der Waals surface area contributed by atoms with E-state index in [4.69, 9.17) is 10.5 Å². The first-order chi connectivity index (χ1) is 9.15. The quantitative estimate of drug-likeness (QED) is 0.848. The Balaban J connectivity index is 1.79. The summed E-state index contributed by atoms with van der Waals surface area (Å²) >= 11 is 0. The van der Waals surface area contributed by atoms with E-state index in [9.17, 15) is 4.79 Å². The first-order valence-corrected chi connectivity index (χ1v) is 7.09. The summed E-state index contributed by atoms with van der Waals surface area (Å²) in [5, 5.41) is 0. The molecule has 2 N–H and O–H groups in total. The van der Waals surface area contributed by atoms with Gasteiger partial charge < -0.3 is 15.4 Å². The molecule has 1 radical (unpaired) electrons. The molecule has 19 heavy (non-hydrogen) atoms. The Kier molecular flexibility index (Phi) is 5.02. The second-order valence-corrected chi connectivity index (χ2v) is 5.35. The number of carbonyl (C=O) groups excluding carboxylic acids is 1. The Labute approximate surface area is 115 Å². The molecule has 1 heterocycles. The number of piperidine rings is 1. The fourth-order valence-electron chi connectivity index (χ4n) is 2.75. The number of nitrogens with zero attached hydrogens (tertiary/aromatic N) is 1. The average Bonchev–Trinajstić information content (AvgIpc) is 2.41. The molecule has 105 valence electrons. The molecule has 2 aliphatic rings. The molecule has 1 aliphatic heterocycles. The van der Waals surface area contributed by atoms with Gasteiger partial charge in [0.1, 0.15) is 0 Å². The normalized spacial score (nSPS) is 22.9. The molecule has 2 rings (SSSR count). The topological polar surface area (TPSA) is 55.6 Å². The van der Waals surface area contributed by atoms with Crippen LogP contribution in [0.25, 0.3) is 0 Å². The van der Waals surface area contributed by atoms with Crippen molar-refractivity contribution < 1.29 is 9.53 Å².